The van der Waals surface area contributed by atoms with Crippen molar-refractivity contribution in [2.75, 3.05) is 7.05 Å². The van der Waals surface area contributed by atoms with Crippen LogP contribution in [0.3, 0.4) is 0 Å². The molecule has 1 aromatic carbocycles. The molecule has 0 spiro atoms. The Hall–Kier alpha value is -0.870. The van der Waals surface area contributed by atoms with E-state index in [1.54, 1.807) is 12.1 Å². The molecule has 0 heterocycles. The number of benzene rings is 1. The Morgan fingerprint density at radius 2 is 1.79 bits per heavy atom. The zero-order chi connectivity index (χ0) is 14.0. The number of hydrogen-bond donors (Lipinski definition) is 1. The maximum absolute atomic E-state index is 12.6. The largest absolute Gasteiger partial charge is 0.316 e. The van der Waals surface area contributed by atoms with Crippen molar-refractivity contribution in [1.29, 1.82) is 0 Å². The van der Waals surface area contributed by atoms with Gasteiger partial charge in [-0.05, 0) is 43.5 Å². The molecule has 1 N–H and O–H groups in total. The highest BCUT2D eigenvalue weighted by Crippen LogP contribution is 2.30. The SMILES string of the molecule is CNC1CCCC1S(=O)(=O)c1ccc(C(C)C)cc1. The minimum atomic E-state index is -3.20. The van der Waals surface area contributed by atoms with Crippen molar-refractivity contribution in [3.63, 3.8) is 0 Å². The van der Waals surface area contributed by atoms with Crippen LogP contribution in [-0.4, -0.2) is 26.8 Å². The maximum atomic E-state index is 12.6. The lowest BCUT2D eigenvalue weighted by Gasteiger charge is -2.19. The van der Waals surface area contributed by atoms with Crippen LogP contribution in [0.25, 0.3) is 0 Å². The lowest BCUT2D eigenvalue weighted by Crippen LogP contribution is -2.38. The summed E-state index contributed by atoms with van der Waals surface area (Å²) >= 11 is 0. The second-order valence-corrected chi connectivity index (χ2v) is 7.80. The third kappa shape index (κ3) is 2.84. The molecule has 0 amide bonds. The maximum Gasteiger partial charge on any atom is 0.182 e. The van der Waals surface area contributed by atoms with E-state index < -0.39 is 9.84 Å². The van der Waals surface area contributed by atoms with E-state index in [4.69, 9.17) is 0 Å². The molecule has 0 aromatic heterocycles. The van der Waals surface area contributed by atoms with Gasteiger partial charge in [0.15, 0.2) is 9.84 Å². The molecule has 0 aliphatic heterocycles. The Labute approximate surface area is 116 Å². The summed E-state index contributed by atoms with van der Waals surface area (Å²) in [6.07, 6.45) is 2.70. The van der Waals surface area contributed by atoms with Crippen molar-refractivity contribution in [3.05, 3.63) is 29.8 Å². The van der Waals surface area contributed by atoms with Gasteiger partial charge in [0, 0.05) is 6.04 Å². The molecule has 1 aromatic rings. The Kier molecular flexibility index (Phi) is 4.31. The molecule has 2 rings (SSSR count). The van der Waals surface area contributed by atoms with Crippen molar-refractivity contribution >= 4 is 9.84 Å². The minimum absolute atomic E-state index is 0.0924. The van der Waals surface area contributed by atoms with Crippen molar-refractivity contribution in [1.82, 2.24) is 5.32 Å². The van der Waals surface area contributed by atoms with Crippen LogP contribution in [0.5, 0.6) is 0 Å². The Bertz CT molecular complexity index is 520. The van der Waals surface area contributed by atoms with E-state index in [9.17, 15) is 8.42 Å². The highest BCUT2D eigenvalue weighted by Gasteiger charge is 2.37. The van der Waals surface area contributed by atoms with Gasteiger partial charge in [0.1, 0.15) is 0 Å². The first-order valence-electron chi connectivity index (χ1n) is 6.98. The molecule has 1 saturated carbocycles. The van der Waals surface area contributed by atoms with Gasteiger partial charge in [-0.3, -0.25) is 0 Å². The van der Waals surface area contributed by atoms with Crippen LogP contribution in [0.2, 0.25) is 0 Å². The van der Waals surface area contributed by atoms with Gasteiger partial charge in [-0.2, -0.15) is 0 Å². The van der Waals surface area contributed by atoms with E-state index in [1.807, 2.05) is 19.2 Å². The summed E-state index contributed by atoms with van der Waals surface area (Å²) in [5.74, 6) is 0.424. The Morgan fingerprint density at radius 1 is 1.16 bits per heavy atom. The van der Waals surface area contributed by atoms with E-state index in [0.717, 1.165) is 19.3 Å². The molecule has 1 aliphatic rings. The Balaban J connectivity index is 2.29. The summed E-state index contributed by atoms with van der Waals surface area (Å²) < 4.78 is 25.3. The summed E-state index contributed by atoms with van der Waals surface area (Å²) in [5.41, 5.74) is 1.18. The van der Waals surface area contributed by atoms with Crippen molar-refractivity contribution < 1.29 is 8.42 Å². The second kappa shape index (κ2) is 5.63. The fraction of sp³-hybridized carbons (Fsp3) is 0.600. The summed E-state index contributed by atoms with van der Waals surface area (Å²) in [6, 6.07) is 7.47. The monoisotopic (exact) mass is 281 g/mol. The molecule has 0 radical (unpaired) electrons. The molecule has 0 saturated heterocycles. The molecular weight excluding hydrogens is 258 g/mol. The van der Waals surface area contributed by atoms with E-state index >= 15 is 0 Å². The molecule has 4 heteroatoms. The zero-order valence-electron chi connectivity index (χ0n) is 11.9. The predicted octanol–water partition coefficient (Wildman–Crippen LogP) is 2.72. The quantitative estimate of drug-likeness (QED) is 0.923. The van der Waals surface area contributed by atoms with Gasteiger partial charge >= 0.3 is 0 Å². The van der Waals surface area contributed by atoms with E-state index in [0.29, 0.717) is 10.8 Å². The van der Waals surface area contributed by atoms with Gasteiger partial charge < -0.3 is 5.32 Å². The molecule has 2 unspecified atom stereocenters. The van der Waals surface area contributed by atoms with Crippen LogP contribution in [0.4, 0.5) is 0 Å². The van der Waals surface area contributed by atoms with E-state index in [1.165, 1.54) is 5.56 Å². The highest BCUT2D eigenvalue weighted by atomic mass is 32.2. The first kappa shape index (κ1) is 14.5. The fourth-order valence-electron chi connectivity index (χ4n) is 2.84. The fourth-order valence-corrected chi connectivity index (χ4v) is 4.89. The molecular formula is C15H23NO2S. The van der Waals surface area contributed by atoms with E-state index in [-0.39, 0.29) is 11.3 Å². The first-order valence-corrected chi connectivity index (χ1v) is 8.52. The smallest absolute Gasteiger partial charge is 0.182 e. The van der Waals surface area contributed by atoms with Crippen LogP contribution in [0.15, 0.2) is 29.2 Å². The third-order valence-electron chi connectivity index (χ3n) is 4.10. The van der Waals surface area contributed by atoms with Gasteiger partial charge in [-0.25, -0.2) is 8.42 Å². The van der Waals surface area contributed by atoms with Crippen LogP contribution >= 0.6 is 0 Å². The lowest BCUT2D eigenvalue weighted by molar-refractivity contribution is 0.538. The summed E-state index contributed by atoms with van der Waals surface area (Å²) in [6.45, 7) is 4.22. The minimum Gasteiger partial charge on any atom is -0.316 e. The summed E-state index contributed by atoms with van der Waals surface area (Å²) in [7, 11) is -1.36. The first-order chi connectivity index (χ1) is 8.96. The summed E-state index contributed by atoms with van der Waals surface area (Å²) in [5, 5.41) is 2.86. The van der Waals surface area contributed by atoms with Gasteiger partial charge in [0.2, 0.25) is 0 Å². The molecule has 3 nitrogen and oxygen atoms in total. The van der Waals surface area contributed by atoms with Gasteiger partial charge in [-0.15, -0.1) is 0 Å². The van der Waals surface area contributed by atoms with Crippen LogP contribution < -0.4 is 5.32 Å². The molecule has 1 aliphatic carbocycles. The summed E-state index contributed by atoms with van der Waals surface area (Å²) in [4.78, 5) is 0.462. The van der Waals surface area contributed by atoms with Crippen LogP contribution in [0.1, 0.15) is 44.6 Å². The van der Waals surface area contributed by atoms with Crippen molar-refractivity contribution in [2.24, 2.45) is 0 Å². The van der Waals surface area contributed by atoms with Crippen LogP contribution in [-0.2, 0) is 9.84 Å². The average Bonchev–Trinajstić information content (AvgIpc) is 2.87. The lowest BCUT2D eigenvalue weighted by atomic mass is 10.0. The predicted molar refractivity (Wildman–Crippen MR) is 78.2 cm³/mol. The van der Waals surface area contributed by atoms with Crippen molar-refractivity contribution in [3.8, 4) is 0 Å². The molecule has 106 valence electrons. The molecule has 0 bridgehead atoms. The standard InChI is InChI=1S/C15H23NO2S/c1-11(2)12-7-9-13(10-8-12)19(17,18)15-6-4-5-14(15)16-3/h7-11,14-16H,4-6H2,1-3H3. The van der Waals surface area contributed by atoms with Gasteiger partial charge in [-0.1, -0.05) is 32.4 Å². The number of nitrogens with one attached hydrogen (secondary N) is 1. The topological polar surface area (TPSA) is 46.2 Å². The van der Waals surface area contributed by atoms with Crippen molar-refractivity contribution in [2.45, 2.75) is 55.2 Å². The third-order valence-corrected chi connectivity index (χ3v) is 6.39. The number of sulfone groups is 1. The second-order valence-electron chi connectivity index (χ2n) is 5.63. The van der Waals surface area contributed by atoms with Crippen LogP contribution in [0, 0.1) is 0 Å². The van der Waals surface area contributed by atoms with Gasteiger partial charge in [0.25, 0.3) is 0 Å². The average molecular weight is 281 g/mol. The highest BCUT2D eigenvalue weighted by molar-refractivity contribution is 7.92. The van der Waals surface area contributed by atoms with E-state index in [2.05, 4.69) is 19.2 Å². The molecule has 19 heavy (non-hydrogen) atoms. The molecule has 1 fully saturated rings. The zero-order valence-corrected chi connectivity index (χ0v) is 12.7. The number of rotatable bonds is 4. The number of hydrogen-bond acceptors (Lipinski definition) is 3. The Morgan fingerprint density at radius 3 is 2.32 bits per heavy atom. The molecule has 2 atom stereocenters. The normalized spacial score (nSPS) is 24.0. The van der Waals surface area contributed by atoms with Gasteiger partial charge in [0.05, 0.1) is 10.1 Å².